The molecule has 108 valence electrons. The SMILES string of the molecule is C#CC1(N)C(O)[C@@H]([C@@H](C)O)O[C@H]1n1cnc(N)nc1=O. The number of terminal acetylenes is 1. The molecule has 0 bridgehead atoms. The quantitative estimate of drug-likeness (QED) is 0.424. The highest BCUT2D eigenvalue weighted by Crippen LogP contribution is 2.36. The minimum Gasteiger partial charge on any atom is -0.391 e. The van der Waals surface area contributed by atoms with Gasteiger partial charge in [-0.05, 0) is 6.92 Å². The van der Waals surface area contributed by atoms with E-state index in [-0.39, 0.29) is 5.95 Å². The van der Waals surface area contributed by atoms with Crippen molar-refractivity contribution in [2.45, 2.75) is 37.0 Å². The van der Waals surface area contributed by atoms with Crippen LogP contribution in [-0.2, 0) is 4.74 Å². The van der Waals surface area contributed by atoms with Gasteiger partial charge in [0.05, 0.1) is 6.10 Å². The highest BCUT2D eigenvalue weighted by atomic mass is 16.5. The molecular formula is C11H15N5O4. The topological polar surface area (TPSA) is 150 Å². The van der Waals surface area contributed by atoms with Gasteiger partial charge in [0.25, 0.3) is 0 Å². The van der Waals surface area contributed by atoms with Gasteiger partial charge in [0.1, 0.15) is 18.5 Å². The minimum atomic E-state index is -1.70. The fraction of sp³-hybridized carbons (Fsp3) is 0.545. The second kappa shape index (κ2) is 4.84. The zero-order valence-electron chi connectivity index (χ0n) is 10.7. The molecule has 1 fully saturated rings. The molecule has 0 radical (unpaired) electrons. The Kier molecular flexibility index (Phi) is 3.49. The molecule has 0 saturated carbocycles. The van der Waals surface area contributed by atoms with Crippen LogP contribution in [0.15, 0.2) is 11.1 Å². The molecule has 1 aliphatic heterocycles. The first-order valence-electron chi connectivity index (χ1n) is 5.80. The van der Waals surface area contributed by atoms with Gasteiger partial charge in [-0.2, -0.15) is 4.98 Å². The summed E-state index contributed by atoms with van der Waals surface area (Å²) in [6.07, 6.45) is 1.79. The van der Waals surface area contributed by atoms with E-state index in [0.717, 1.165) is 10.9 Å². The Bertz CT molecular complexity index is 610. The maximum Gasteiger partial charge on any atom is 0.354 e. The van der Waals surface area contributed by atoms with Crippen molar-refractivity contribution in [3.05, 3.63) is 16.8 Å². The number of aliphatic hydroxyl groups excluding tert-OH is 2. The van der Waals surface area contributed by atoms with Gasteiger partial charge in [0.15, 0.2) is 11.8 Å². The Labute approximate surface area is 114 Å². The maximum atomic E-state index is 11.8. The Balaban J connectivity index is 2.50. The zero-order valence-corrected chi connectivity index (χ0v) is 10.7. The molecule has 1 aromatic rings. The van der Waals surface area contributed by atoms with Gasteiger partial charge in [-0.25, -0.2) is 9.78 Å². The van der Waals surface area contributed by atoms with Gasteiger partial charge in [-0.3, -0.25) is 4.57 Å². The summed E-state index contributed by atoms with van der Waals surface area (Å²) in [5.74, 6) is 2.00. The first-order chi connectivity index (χ1) is 9.31. The van der Waals surface area contributed by atoms with E-state index in [1.807, 2.05) is 0 Å². The molecule has 5 atom stereocenters. The van der Waals surface area contributed by atoms with Gasteiger partial charge in [0, 0.05) is 0 Å². The van der Waals surface area contributed by atoms with Crippen LogP contribution in [0.5, 0.6) is 0 Å². The molecule has 9 nitrogen and oxygen atoms in total. The van der Waals surface area contributed by atoms with Crippen molar-refractivity contribution in [3.8, 4) is 12.3 Å². The molecule has 2 heterocycles. The van der Waals surface area contributed by atoms with Crippen LogP contribution < -0.4 is 17.2 Å². The summed E-state index contributed by atoms with van der Waals surface area (Å²) in [5.41, 5.74) is 8.76. The molecular weight excluding hydrogens is 266 g/mol. The lowest BCUT2D eigenvalue weighted by atomic mass is 9.90. The molecule has 20 heavy (non-hydrogen) atoms. The van der Waals surface area contributed by atoms with E-state index in [9.17, 15) is 15.0 Å². The van der Waals surface area contributed by atoms with E-state index in [0.29, 0.717) is 0 Å². The molecule has 0 aromatic carbocycles. The van der Waals surface area contributed by atoms with E-state index >= 15 is 0 Å². The van der Waals surface area contributed by atoms with E-state index in [1.54, 1.807) is 0 Å². The van der Waals surface area contributed by atoms with Crippen molar-refractivity contribution in [2.75, 3.05) is 5.73 Å². The van der Waals surface area contributed by atoms with Crippen molar-refractivity contribution in [1.82, 2.24) is 14.5 Å². The smallest absolute Gasteiger partial charge is 0.354 e. The summed E-state index contributed by atoms with van der Waals surface area (Å²) in [6, 6.07) is 0. The molecule has 1 aromatic heterocycles. The van der Waals surface area contributed by atoms with Gasteiger partial charge < -0.3 is 26.4 Å². The van der Waals surface area contributed by atoms with Crippen LogP contribution in [0.3, 0.4) is 0 Å². The van der Waals surface area contributed by atoms with Gasteiger partial charge in [-0.1, -0.05) is 5.92 Å². The first-order valence-corrected chi connectivity index (χ1v) is 5.80. The Morgan fingerprint density at radius 3 is 2.85 bits per heavy atom. The second-order valence-corrected chi connectivity index (χ2v) is 4.62. The number of ether oxygens (including phenoxy) is 1. The predicted molar refractivity (Wildman–Crippen MR) is 68.1 cm³/mol. The van der Waals surface area contributed by atoms with Crippen LogP contribution in [0.1, 0.15) is 13.2 Å². The third kappa shape index (κ3) is 2.04. The Morgan fingerprint density at radius 1 is 1.70 bits per heavy atom. The number of nitrogen functional groups attached to an aromatic ring is 1. The van der Waals surface area contributed by atoms with Gasteiger partial charge in [0.2, 0.25) is 5.95 Å². The normalized spacial score (nSPS) is 34.6. The van der Waals surface area contributed by atoms with Crippen molar-refractivity contribution in [1.29, 1.82) is 0 Å². The number of aliphatic hydroxyl groups is 2. The number of hydrogen-bond donors (Lipinski definition) is 4. The molecule has 9 heteroatoms. The van der Waals surface area contributed by atoms with Crippen molar-refractivity contribution in [3.63, 3.8) is 0 Å². The third-order valence-corrected chi connectivity index (χ3v) is 3.22. The Morgan fingerprint density at radius 2 is 2.35 bits per heavy atom. The molecule has 1 aliphatic rings. The summed E-state index contributed by atoms with van der Waals surface area (Å²) in [4.78, 5) is 18.9. The van der Waals surface area contributed by atoms with Crippen molar-refractivity contribution < 1.29 is 14.9 Å². The molecule has 2 rings (SSSR count). The molecule has 0 aliphatic carbocycles. The number of anilines is 1. The summed E-state index contributed by atoms with van der Waals surface area (Å²) in [6.45, 7) is 1.41. The lowest BCUT2D eigenvalue weighted by Gasteiger charge is -2.27. The molecule has 2 unspecified atom stereocenters. The highest BCUT2D eigenvalue weighted by molar-refractivity contribution is 5.23. The van der Waals surface area contributed by atoms with Crippen LogP contribution in [0.2, 0.25) is 0 Å². The molecule has 1 saturated heterocycles. The van der Waals surface area contributed by atoms with Crippen LogP contribution in [0.25, 0.3) is 0 Å². The number of rotatable bonds is 2. The zero-order chi connectivity index (χ0) is 15.1. The highest BCUT2D eigenvalue weighted by Gasteiger charge is 2.55. The van der Waals surface area contributed by atoms with Gasteiger partial charge in [-0.15, -0.1) is 6.42 Å². The fourth-order valence-corrected chi connectivity index (χ4v) is 2.10. The van der Waals surface area contributed by atoms with Crippen LogP contribution in [0, 0.1) is 12.3 Å². The average Bonchev–Trinajstić information content (AvgIpc) is 2.64. The number of aromatic nitrogens is 3. The van der Waals surface area contributed by atoms with Crippen LogP contribution in [0.4, 0.5) is 5.95 Å². The largest absolute Gasteiger partial charge is 0.391 e. The summed E-state index contributed by atoms with van der Waals surface area (Å²) < 4.78 is 6.36. The maximum absolute atomic E-state index is 11.8. The number of nitrogens with zero attached hydrogens (tertiary/aromatic N) is 3. The lowest BCUT2D eigenvalue weighted by molar-refractivity contribution is -0.0781. The van der Waals surface area contributed by atoms with E-state index in [2.05, 4.69) is 15.9 Å². The van der Waals surface area contributed by atoms with E-state index in [4.69, 9.17) is 22.6 Å². The third-order valence-electron chi connectivity index (χ3n) is 3.22. The number of hydrogen-bond acceptors (Lipinski definition) is 8. The monoisotopic (exact) mass is 281 g/mol. The van der Waals surface area contributed by atoms with E-state index < -0.39 is 35.8 Å². The molecule has 6 N–H and O–H groups in total. The summed E-state index contributed by atoms with van der Waals surface area (Å²) in [5, 5.41) is 19.7. The second-order valence-electron chi connectivity index (χ2n) is 4.62. The molecule has 0 amide bonds. The van der Waals surface area contributed by atoms with Gasteiger partial charge >= 0.3 is 5.69 Å². The molecule has 0 spiro atoms. The first kappa shape index (κ1) is 14.4. The summed E-state index contributed by atoms with van der Waals surface area (Å²) >= 11 is 0. The van der Waals surface area contributed by atoms with Crippen molar-refractivity contribution in [2.24, 2.45) is 5.73 Å². The van der Waals surface area contributed by atoms with E-state index in [1.165, 1.54) is 6.92 Å². The minimum absolute atomic E-state index is 0.208. The predicted octanol–water partition coefficient (Wildman–Crippen LogP) is -2.81. The average molecular weight is 281 g/mol. The van der Waals surface area contributed by atoms with Crippen LogP contribution in [-0.4, -0.2) is 48.6 Å². The summed E-state index contributed by atoms with van der Waals surface area (Å²) in [7, 11) is 0. The van der Waals surface area contributed by atoms with Crippen molar-refractivity contribution >= 4 is 5.95 Å². The standard InChI is InChI=1S/C11H15N5O4/c1-3-11(13)7(18)6(5(2)17)20-8(11)16-4-14-9(12)15-10(16)19/h1,4-8,17-18H,13H2,2H3,(H2,12,15,19)/t5-,6-,7?,8-,11?/m1/s1. The Hall–Kier alpha value is -1.99. The lowest BCUT2D eigenvalue weighted by Crippen LogP contribution is -2.55. The van der Waals surface area contributed by atoms with Crippen LogP contribution >= 0.6 is 0 Å². The number of nitrogens with two attached hydrogens (primary N) is 2. The fourth-order valence-electron chi connectivity index (χ4n) is 2.10.